The highest BCUT2D eigenvalue weighted by atomic mass is 16.7. The van der Waals surface area contributed by atoms with Gasteiger partial charge in [-0.3, -0.25) is 0 Å². The molecule has 1 N–H and O–H groups in total. The molecule has 20 heavy (non-hydrogen) atoms. The number of aromatic hydroxyl groups is 1. The van der Waals surface area contributed by atoms with E-state index < -0.39 is 0 Å². The second kappa shape index (κ2) is 5.33. The first kappa shape index (κ1) is 12.7. The monoisotopic (exact) mass is 272 g/mol. The van der Waals surface area contributed by atoms with Gasteiger partial charge in [0, 0.05) is 0 Å². The Kier molecular flexibility index (Phi) is 3.37. The van der Waals surface area contributed by atoms with E-state index in [-0.39, 0.29) is 12.5 Å². The van der Waals surface area contributed by atoms with Gasteiger partial charge in [-0.25, -0.2) is 0 Å². The molecule has 0 aliphatic carbocycles. The fourth-order valence-corrected chi connectivity index (χ4v) is 2.31. The zero-order valence-electron chi connectivity index (χ0n) is 11.3. The summed E-state index contributed by atoms with van der Waals surface area (Å²) in [6, 6.07) is 11.6. The van der Waals surface area contributed by atoms with Gasteiger partial charge in [0.05, 0.1) is 7.11 Å². The zero-order valence-corrected chi connectivity index (χ0v) is 11.3. The molecule has 1 aliphatic heterocycles. The maximum atomic E-state index is 9.87. The Morgan fingerprint density at radius 3 is 2.80 bits per heavy atom. The smallest absolute Gasteiger partial charge is 0.231 e. The van der Waals surface area contributed by atoms with Gasteiger partial charge in [0.25, 0.3) is 0 Å². The Morgan fingerprint density at radius 1 is 1.10 bits per heavy atom. The topological polar surface area (TPSA) is 47.9 Å². The third-order valence-electron chi connectivity index (χ3n) is 3.35. The van der Waals surface area contributed by atoms with Crippen molar-refractivity contribution in [2.24, 2.45) is 0 Å². The maximum absolute atomic E-state index is 9.87. The highest BCUT2D eigenvalue weighted by Crippen LogP contribution is 2.41. The molecule has 0 amide bonds. The molecule has 0 unspecified atom stereocenters. The van der Waals surface area contributed by atoms with Crippen molar-refractivity contribution in [1.82, 2.24) is 0 Å². The lowest BCUT2D eigenvalue weighted by Crippen LogP contribution is -1.93. The van der Waals surface area contributed by atoms with Crippen LogP contribution in [0.3, 0.4) is 0 Å². The molecule has 1 aliphatic rings. The van der Waals surface area contributed by atoms with E-state index in [1.54, 1.807) is 13.2 Å². The number of hydrogen-bond donors (Lipinski definition) is 1. The normalized spacial score (nSPS) is 12.4. The fourth-order valence-electron chi connectivity index (χ4n) is 2.31. The molecule has 0 spiro atoms. The molecule has 0 saturated carbocycles. The summed E-state index contributed by atoms with van der Waals surface area (Å²) in [6.07, 6.45) is 1.69. The van der Waals surface area contributed by atoms with Gasteiger partial charge in [-0.2, -0.15) is 0 Å². The molecular weight excluding hydrogens is 256 g/mol. The summed E-state index contributed by atoms with van der Waals surface area (Å²) in [5.74, 6) is 2.05. The highest BCUT2D eigenvalue weighted by molar-refractivity contribution is 5.54. The molecule has 0 aromatic heterocycles. The largest absolute Gasteiger partial charge is 0.504 e. The quantitative estimate of drug-likeness (QED) is 0.929. The second-order valence-electron chi connectivity index (χ2n) is 4.70. The second-order valence-corrected chi connectivity index (χ2v) is 4.70. The lowest BCUT2D eigenvalue weighted by Gasteiger charge is -2.07. The van der Waals surface area contributed by atoms with Gasteiger partial charge in [0.2, 0.25) is 12.5 Å². The number of rotatable bonds is 4. The van der Waals surface area contributed by atoms with Crippen LogP contribution in [0.25, 0.3) is 0 Å². The minimum absolute atomic E-state index is 0.139. The summed E-state index contributed by atoms with van der Waals surface area (Å²) in [4.78, 5) is 0. The van der Waals surface area contributed by atoms with Crippen molar-refractivity contribution in [3.8, 4) is 23.0 Å². The first-order valence-corrected chi connectivity index (χ1v) is 6.50. The van der Waals surface area contributed by atoms with E-state index in [2.05, 4.69) is 6.07 Å². The lowest BCUT2D eigenvalue weighted by molar-refractivity contribution is 0.171. The summed E-state index contributed by atoms with van der Waals surface area (Å²) in [6.45, 7) is 0.169. The molecule has 2 aromatic carbocycles. The number of fused-ring (bicyclic) bond motifs is 1. The number of hydrogen-bond acceptors (Lipinski definition) is 4. The SMILES string of the molecule is COc1cccc(CCc2cc(O)c3c(c2)OCO3)c1. The number of phenols is 1. The van der Waals surface area contributed by atoms with Crippen LogP contribution in [-0.4, -0.2) is 19.0 Å². The van der Waals surface area contributed by atoms with E-state index in [9.17, 15) is 5.11 Å². The first-order chi connectivity index (χ1) is 9.76. The molecule has 0 saturated heterocycles. The summed E-state index contributed by atoms with van der Waals surface area (Å²) in [5, 5.41) is 9.87. The van der Waals surface area contributed by atoms with Gasteiger partial charge in [-0.15, -0.1) is 0 Å². The van der Waals surface area contributed by atoms with E-state index in [1.165, 1.54) is 5.56 Å². The number of aryl methyl sites for hydroxylation is 2. The van der Waals surface area contributed by atoms with E-state index in [4.69, 9.17) is 14.2 Å². The maximum Gasteiger partial charge on any atom is 0.231 e. The van der Waals surface area contributed by atoms with Gasteiger partial charge in [0.1, 0.15) is 5.75 Å². The van der Waals surface area contributed by atoms with Crippen molar-refractivity contribution in [3.05, 3.63) is 47.5 Å². The third-order valence-corrected chi connectivity index (χ3v) is 3.35. The number of phenolic OH excluding ortho intramolecular Hbond substituents is 1. The molecule has 104 valence electrons. The number of methoxy groups -OCH3 is 1. The Labute approximate surface area is 117 Å². The Bertz CT molecular complexity index is 622. The molecule has 4 heteroatoms. The Balaban J connectivity index is 1.73. The molecular formula is C16H16O4. The number of benzene rings is 2. The van der Waals surface area contributed by atoms with Gasteiger partial charge in [-0.1, -0.05) is 12.1 Å². The summed E-state index contributed by atoms with van der Waals surface area (Å²) in [5.41, 5.74) is 2.22. The van der Waals surface area contributed by atoms with Crippen LogP contribution < -0.4 is 14.2 Å². The Hall–Kier alpha value is -2.36. The lowest BCUT2D eigenvalue weighted by atomic mass is 10.0. The molecule has 1 heterocycles. The first-order valence-electron chi connectivity index (χ1n) is 6.50. The van der Waals surface area contributed by atoms with Crippen LogP contribution in [0.1, 0.15) is 11.1 Å². The predicted octanol–water partition coefficient (Wildman–Crippen LogP) is 2.91. The van der Waals surface area contributed by atoms with Crippen LogP contribution in [0.2, 0.25) is 0 Å². The molecule has 3 rings (SSSR count). The van der Waals surface area contributed by atoms with E-state index in [0.717, 1.165) is 24.2 Å². The molecule has 2 aromatic rings. The van der Waals surface area contributed by atoms with Gasteiger partial charge < -0.3 is 19.3 Å². The molecule has 0 atom stereocenters. The predicted molar refractivity (Wildman–Crippen MR) is 74.6 cm³/mol. The van der Waals surface area contributed by atoms with Crippen molar-refractivity contribution < 1.29 is 19.3 Å². The third kappa shape index (κ3) is 2.50. The van der Waals surface area contributed by atoms with E-state index in [1.807, 2.05) is 24.3 Å². The standard InChI is InChI=1S/C16H16O4/c1-18-13-4-2-3-11(7-13)5-6-12-8-14(17)16-15(9-12)19-10-20-16/h2-4,7-9,17H,5-6,10H2,1H3. The van der Waals surface area contributed by atoms with E-state index in [0.29, 0.717) is 11.5 Å². The fraction of sp³-hybridized carbons (Fsp3) is 0.250. The van der Waals surface area contributed by atoms with Crippen molar-refractivity contribution in [3.63, 3.8) is 0 Å². The summed E-state index contributed by atoms with van der Waals surface area (Å²) >= 11 is 0. The van der Waals surface area contributed by atoms with Crippen LogP contribution >= 0.6 is 0 Å². The van der Waals surface area contributed by atoms with Gasteiger partial charge >= 0.3 is 0 Å². The van der Waals surface area contributed by atoms with Crippen LogP contribution in [0.5, 0.6) is 23.0 Å². The van der Waals surface area contributed by atoms with Crippen LogP contribution in [0, 0.1) is 0 Å². The van der Waals surface area contributed by atoms with Crippen molar-refractivity contribution in [2.45, 2.75) is 12.8 Å². The minimum atomic E-state index is 0.139. The highest BCUT2D eigenvalue weighted by Gasteiger charge is 2.18. The van der Waals surface area contributed by atoms with Crippen LogP contribution in [0.4, 0.5) is 0 Å². The average molecular weight is 272 g/mol. The zero-order chi connectivity index (χ0) is 13.9. The van der Waals surface area contributed by atoms with Crippen molar-refractivity contribution >= 4 is 0 Å². The van der Waals surface area contributed by atoms with Crippen LogP contribution in [-0.2, 0) is 12.8 Å². The van der Waals surface area contributed by atoms with Crippen molar-refractivity contribution in [1.29, 1.82) is 0 Å². The summed E-state index contributed by atoms with van der Waals surface area (Å²) in [7, 11) is 1.66. The Morgan fingerprint density at radius 2 is 1.95 bits per heavy atom. The number of ether oxygens (including phenoxy) is 3. The molecule has 0 radical (unpaired) electrons. The summed E-state index contributed by atoms with van der Waals surface area (Å²) < 4.78 is 15.7. The van der Waals surface area contributed by atoms with Gasteiger partial charge in [-0.05, 0) is 48.2 Å². The average Bonchev–Trinajstić information content (AvgIpc) is 2.94. The molecule has 0 bridgehead atoms. The molecule has 0 fully saturated rings. The van der Waals surface area contributed by atoms with Crippen LogP contribution in [0.15, 0.2) is 36.4 Å². The van der Waals surface area contributed by atoms with Gasteiger partial charge in [0.15, 0.2) is 11.5 Å². The van der Waals surface area contributed by atoms with Crippen molar-refractivity contribution in [2.75, 3.05) is 13.9 Å². The minimum Gasteiger partial charge on any atom is -0.504 e. The molecule has 4 nitrogen and oxygen atoms in total. The van der Waals surface area contributed by atoms with E-state index >= 15 is 0 Å².